The van der Waals surface area contributed by atoms with Gasteiger partial charge in [0, 0.05) is 4.47 Å². The Morgan fingerprint density at radius 1 is 1.10 bits per heavy atom. The van der Waals surface area contributed by atoms with Gasteiger partial charge in [-0.3, -0.25) is 0 Å². The minimum Gasteiger partial charge on any atom is -0.492 e. The van der Waals surface area contributed by atoms with E-state index in [2.05, 4.69) is 63.9 Å². The van der Waals surface area contributed by atoms with Crippen molar-refractivity contribution in [3.05, 3.63) is 62.0 Å². The molecule has 21 heavy (non-hydrogen) atoms. The predicted molar refractivity (Wildman–Crippen MR) is 96.5 cm³/mol. The molecule has 0 N–H and O–H groups in total. The zero-order valence-electron chi connectivity index (χ0n) is 12.0. The molecule has 0 radical (unpaired) electrons. The predicted octanol–water partition coefficient (Wildman–Crippen LogP) is 6.64. The maximum Gasteiger partial charge on any atom is 0.133 e. The van der Waals surface area contributed by atoms with Crippen molar-refractivity contribution in [3.63, 3.8) is 0 Å². The van der Waals surface area contributed by atoms with Gasteiger partial charge in [0.05, 0.1) is 16.5 Å². The van der Waals surface area contributed by atoms with E-state index in [9.17, 15) is 0 Å². The Morgan fingerprint density at radius 2 is 1.86 bits per heavy atom. The van der Waals surface area contributed by atoms with Crippen molar-refractivity contribution in [1.29, 1.82) is 0 Å². The van der Waals surface area contributed by atoms with Gasteiger partial charge in [0.2, 0.25) is 0 Å². The molecule has 0 bridgehead atoms. The normalized spacial score (nSPS) is 12.2. The van der Waals surface area contributed by atoms with Crippen LogP contribution in [0.25, 0.3) is 0 Å². The minimum absolute atomic E-state index is 0.198. The molecular formula is C17H17Br2ClO. The molecule has 2 rings (SSSR count). The van der Waals surface area contributed by atoms with Crippen LogP contribution in [-0.4, -0.2) is 6.61 Å². The molecule has 0 fully saturated rings. The number of alkyl halides is 1. The molecule has 1 atom stereocenters. The smallest absolute Gasteiger partial charge is 0.133 e. The number of rotatable bonds is 5. The average molecular weight is 433 g/mol. The Morgan fingerprint density at radius 3 is 2.48 bits per heavy atom. The number of hydrogen-bond donors (Lipinski definition) is 0. The SMILES string of the molecule is CCCOc1ccc(C(Cl)c2ccc(C)cc2Br)cc1Br. The third kappa shape index (κ3) is 4.24. The van der Waals surface area contributed by atoms with Crippen molar-refractivity contribution in [2.24, 2.45) is 0 Å². The van der Waals surface area contributed by atoms with Gasteiger partial charge in [-0.2, -0.15) is 0 Å². The molecule has 4 heteroatoms. The van der Waals surface area contributed by atoms with Gasteiger partial charge >= 0.3 is 0 Å². The first-order valence-electron chi connectivity index (χ1n) is 6.85. The molecule has 2 aromatic carbocycles. The van der Waals surface area contributed by atoms with Gasteiger partial charge in [-0.15, -0.1) is 11.6 Å². The fraction of sp³-hybridized carbons (Fsp3) is 0.294. The second-order valence-electron chi connectivity index (χ2n) is 4.93. The summed E-state index contributed by atoms with van der Waals surface area (Å²) >= 11 is 13.8. The zero-order chi connectivity index (χ0) is 15.4. The fourth-order valence-corrected chi connectivity index (χ4v) is 3.71. The molecule has 0 amide bonds. The van der Waals surface area contributed by atoms with Crippen LogP contribution in [0.3, 0.4) is 0 Å². The van der Waals surface area contributed by atoms with Crippen molar-refractivity contribution in [2.45, 2.75) is 25.6 Å². The van der Waals surface area contributed by atoms with Crippen LogP contribution >= 0.6 is 43.5 Å². The van der Waals surface area contributed by atoms with Crippen LogP contribution in [0.1, 0.15) is 35.4 Å². The molecule has 0 saturated heterocycles. The second kappa shape index (κ2) is 7.66. The maximum absolute atomic E-state index is 6.63. The Balaban J connectivity index is 2.27. The highest BCUT2D eigenvalue weighted by Gasteiger charge is 2.15. The molecule has 0 saturated carbocycles. The highest BCUT2D eigenvalue weighted by molar-refractivity contribution is 9.10. The fourth-order valence-electron chi connectivity index (χ4n) is 2.02. The van der Waals surface area contributed by atoms with Gasteiger partial charge in [0.25, 0.3) is 0 Å². The van der Waals surface area contributed by atoms with E-state index in [0.717, 1.165) is 32.2 Å². The van der Waals surface area contributed by atoms with Crippen LogP contribution < -0.4 is 4.74 Å². The lowest BCUT2D eigenvalue weighted by Gasteiger charge is -2.15. The van der Waals surface area contributed by atoms with E-state index in [1.54, 1.807) is 0 Å². The number of halogens is 3. The summed E-state index contributed by atoms with van der Waals surface area (Å²) in [7, 11) is 0. The van der Waals surface area contributed by atoms with Crippen LogP contribution in [0.4, 0.5) is 0 Å². The summed E-state index contributed by atoms with van der Waals surface area (Å²) in [6.45, 7) is 4.87. The highest BCUT2D eigenvalue weighted by Crippen LogP contribution is 2.37. The first-order chi connectivity index (χ1) is 10.0. The molecule has 0 aromatic heterocycles. The summed E-state index contributed by atoms with van der Waals surface area (Å²) in [6, 6.07) is 12.2. The van der Waals surface area contributed by atoms with E-state index in [1.165, 1.54) is 5.56 Å². The van der Waals surface area contributed by atoms with Crippen LogP contribution in [0.2, 0.25) is 0 Å². The van der Waals surface area contributed by atoms with Crippen molar-refractivity contribution < 1.29 is 4.74 Å². The van der Waals surface area contributed by atoms with Crippen LogP contribution in [0.5, 0.6) is 5.75 Å². The Kier molecular flexibility index (Phi) is 6.15. The highest BCUT2D eigenvalue weighted by atomic mass is 79.9. The Bertz CT molecular complexity index is 628. The van der Waals surface area contributed by atoms with Gasteiger partial charge in [-0.25, -0.2) is 0 Å². The van der Waals surface area contributed by atoms with Crippen LogP contribution in [-0.2, 0) is 0 Å². The lowest BCUT2D eigenvalue weighted by atomic mass is 10.0. The number of ether oxygens (including phenoxy) is 1. The zero-order valence-corrected chi connectivity index (χ0v) is 15.9. The van der Waals surface area contributed by atoms with Crippen molar-refractivity contribution in [3.8, 4) is 5.75 Å². The quantitative estimate of drug-likeness (QED) is 0.482. The Labute approximate surface area is 147 Å². The summed E-state index contributed by atoms with van der Waals surface area (Å²) < 4.78 is 7.63. The molecule has 112 valence electrons. The van der Waals surface area contributed by atoms with E-state index in [4.69, 9.17) is 16.3 Å². The van der Waals surface area contributed by atoms with Crippen molar-refractivity contribution >= 4 is 43.5 Å². The van der Waals surface area contributed by atoms with Crippen molar-refractivity contribution in [1.82, 2.24) is 0 Å². The third-order valence-electron chi connectivity index (χ3n) is 3.14. The van der Waals surface area contributed by atoms with Gasteiger partial charge in [0.15, 0.2) is 0 Å². The van der Waals surface area contributed by atoms with E-state index in [0.29, 0.717) is 6.61 Å². The van der Waals surface area contributed by atoms with E-state index in [-0.39, 0.29) is 5.38 Å². The third-order valence-corrected chi connectivity index (χ3v) is 4.93. The summed E-state index contributed by atoms with van der Waals surface area (Å²) in [6.07, 6.45) is 0.989. The first kappa shape index (κ1) is 16.9. The van der Waals surface area contributed by atoms with E-state index in [1.807, 2.05) is 18.2 Å². The van der Waals surface area contributed by atoms with Crippen molar-refractivity contribution in [2.75, 3.05) is 6.61 Å². The lowest BCUT2D eigenvalue weighted by Crippen LogP contribution is -1.98. The average Bonchev–Trinajstić information content (AvgIpc) is 2.45. The van der Waals surface area contributed by atoms with Crippen LogP contribution in [0, 0.1) is 6.92 Å². The van der Waals surface area contributed by atoms with Gasteiger partial charge in [-0.05, 0) is 64.2 Å². The van der Waals surface area contributed by atoms with E-state index < -0.39 is 0 Å². The summed E-state index contributed by atoms with van der Waals surface area (Å²) in [5, 5.41) is -0.198. The standard InChI is InChI=1S/C17H17Br2ClO/c1-3-8-21-16-7-5-12(10-15(16)19)17(20)13-6-4-11(2)9-14(13)18/h4-7,9-10,17H,3,8H2,1-2H3. The number of hydrogen-bond acceptors (Lipinski definition) is 1. The van der Waals surface area contributed by atoms with Gasteiger partial charge < -0.3 is 4.74 Å². The second-order valence-corrected chi connectivity index (χ2v) is 7.07. The minimum atomic E-state index is -0.198. The molecular weight excluding hydrogens is 415 g/mol. The summed E-state index contributed by atoms with van der Waals surface area (Å²) in [5.41, 5.74) is 3.31. The monoisotopic (exact) mass is 430 g/mol. The lowest BCUT2D eigenvalue weighted by molar-refractivity contribution is 0.315. The van der Waals surface area contributed by atoms with Gasteiger partial charge in [-0.1, -0.05) is 41.1 Å². The summed E-state index contributed by atoms with van der Waals surface area (Å²) in [4.78, 5) is 0. The molecule has 2 aromatic rings. The number of benzene rings is 2. The molecule has 0 aliphatic heterocycles. The first-order valence-corrected chi connectivity index (χ1v) is 8.87. The topological polar surface area (TPSA) is 9.23 Å². The largest absolute Gasteiger partial charge is 0.492 e. The Hall–Kier alpha value is -0.510. The molecule has 1 nitrogen and oxygen atoms in total. The van der Waals surface area contributed by atoms with E-state index >= 15 is 0 Å². The number of aryl methyl sites for hydroxylation is 1. The molecule has 0 heterocycles. The molecule has 0 spiro atoms. The van der Waals surface area contributed by atoms with Crippen LogP contribution in [0.15, 0.2) is 45.3 Å². The maximum atomic E-state index is 6.63. The molecule has 0 aliphatic rings. The molecule has 1 unspecified atom stereocenters. The van der Waals surface area contributed by atoms with Gasteiger partial charge in [0.1, 0.15) is 5.75 Å². The molecule has 0 aliphatic carbocycles. The summed E-state index contributed by atoms with van der Waals surface area (Å²) in [5.74, 6) is 0.854.